The van der Waals surface area contributed by atoms with E-state index >= 15 is 0 Å². The lowest BCUT2D eigenvalue weighted by Gasteiger charge is -2.35. The number of alkyl halides is 3. The van der Waals surface area contributed by atoms with Crippen molar-refractivity contribution < 1.29 is 50.1 Å². The number of anilines is 2. The molecule has 11 nitrogen and oxygen atoms in total. The van der Waals surface area contributed by atoms with Crippen LogP contribution in [-0.2, 0) is 20.9 Å². The van der Waals surface area contributed by atoms with Crippen LogP contribution in [-0.4, -0.2) is 86.3 Å². The molecule has 284 valence electrons. The number of nitrogens with one attached hydrogen (secondary N) is 2. The van der Waals surface area contributed by atoms with Crippen molar-refractivity contribution in [2.75, 3.05) is 44.0 Å². The van der Waals surface area contributed by atoms with Crippen molar-refractivity contribution in [3.05, 3.63) is 83.7 Å². The summed E-state index contributed by atoms with van der Waals surface area (Å²) in [5, 5.41) is 15.3. The maximum Gasteiger partial charge on any atom is 0.416 e. The molecule has 4 atom stereocenters. The number of likely N-dealkylation sites (N-methyl/N-ethyl adjacent to an activating group) is 1. The highest BCUT2D eigenvalue weighted by molar-refractivity contribution is 7.89. The van der Waals surface area contributed by atoms with Crippen LogP contribution in [0, 0.1) is 11.7 Å². The van der Waals surface area contributed by atoms with Gasteiger partial charge in [-0.3, -0.25) is 4.79 Å². The van der Waals surface area contributed by atoms with Crippen molar-refractivity contribution in [1.82, 2.24) is 9.21 Å². The van der Waals surface area contributed by atoms with Gasteiger partial charge >= 0.3 is 12.2 Å². The molecule has 0 aliphatic carbocycles. The Morgan fingerprint density at radius 1 is 1.02 bits per heavy atom. The number of nitrogens with zero attached hydrogens (tertiary/aromatic N) is 2. The fraction of sp³-hybridized carbons (Fsp3) is 0.444. The molecule has 3 amide bonds. The average molecular weight is 753 g/mol. The number of carbonyl (C=O) groups excluding carboxylic acids is 2. The molecule has 1 heterocycles. The normalized spacial score (nSPS) is 20.0. The Morgan fingerprint density at radius 3 is 2.29 bits per heavy atom. The molecule has 3 aromatic carbocycles. The summed E-state index contributed by atoms with van der Waals surface area (Å²) in [5.41, 5.74) is -0.486. The number of sulfonamides is 1. The van der Waals surface area contributed by atoms with Gasteiger partial charge in [0.2, 0.25) is 10.0 Å². The molecule has 1 aliphatic rings. The van der Waals surface area contributed by atoms with E-state index in [1.807, 2.05) is 13.8 Å². The first-order chi connectivity index (χ1) is 24.5. The third kappa shape index (κ3) is 10.6. The number of ether oxygens (including phenoxy) is 2. The molecule has 52 heavy (non-hydrogen) atoms. The van der Waals surface area contributed by atoms with E-state index in [-0.39, 0.29) is 46.8 Å². The van der Waals surface area contributed by atoms with Crippen molar-refractivity contribution >= 4 is 33.3 Å². The number of halogens is 4. The SMILES string of the molecule is C[C@@H]1CCCCO[C@@H](CN(C)S(=O)(=O)c2ccc(F)cc2)[C@@H](C)CN([C@H](C)CO)C(=O)c2cc(NC(=O)Nc3ccc(C(F)(F)F)cc3)ccc2O1. The summed E-state index contributed by atoms with van der Waals surface area (Å²) in [6.07, 6.45) is -3.60. The molecule has 16 heteroatoms. The zero-order chi connectivity index (χ0) is 38.2. The number of hydrogen-bond donors (Lipinski definition) is 3. The third-order valence-electron chi connectivity index (χ3n) is 8.74. The van der Waals surface area contributed by atoms with Gasteiger partial charge in [-0.2, -0.15) is 17.5 Å². The molecule has 4 rings (SSSR count). The quantitative estimate of drug-likeness (QED) is 0.221. The van der Waals surface area contributed by atoms with Gasteiger partial charge in [0.15, 0.2) is 0 Å². The van der Waals surface area contributed by atoms with E-state index in [0.29, 0.717) is 25.9 Å². The maximum atomic E-state index is 14.3. The highest BCUT2D eigenvalue weighted by atomic mass is 32.2. The molecule has 0 fully saturated rings. The molecule has 0 bridgehead atoms. The minimum atomic E-state index is -4.53. The van der Waals surface area contributed by atoms with Gasteiger partial charge in [0.05, 0.1) is 40.9 Å². The highest BCUT2D eigenvalue weighted by Crippen LogP contribution is 2.31. The highest BCUT2D eigenvalue weighted by Gasteiger charge is 2.33. The van der Waals surface area contributed by atoms with Crippen LogP contribution in [0.2, 0.25) is 0 Å². The van der Waals surface area contributed by atoms with E-state index < -0.39 is 64.2 Å². The van der Waals surface area contributed by atoms with E-state index in [4.69, 9.17) is 9.47 Å². The second-order valence-electron chi connectivity index (χ2n) is 12.9. The largest absolute Gasteiger partial charge is 0.490 e. The van der Waals surface area contributed by atoms with Crippen LogP contribution < -0.4 is 15.4 Å². The Labute approximate surface area is 300 Å². The van der Waals surface area contributed by atoms with Gasteiger partial charge in [0.1, 0.15) is 11.6 Å². The second-order valence-corrected chi connectivity index (χ2v) is 14.9. The number of aliphatic hydroxyl groups is 1. The van der Waals surface area contributed by atoms with Gasteiger partial charge in [0, 0.05) is 44.0 Å². The van der Waals surface area contributed by atoms with Crippen molar-refractivity contribution in [1.29, 1.82) is 0 Å². The lowest BCUT2D eigenvalue weighted by Crippen LogP contribution is -2.48. The van der Waals surface area contributed by atoms with E-state index in [1.165, 1.54) is 42.3 Å². The zero-order valence-corrected chi connectivity index (χ0v) is 30.1. The minimum absolute atomic E-state index is 0.0384. The van der Waals surface area contributed by atoms with Crippen molar-refractivity contribution in [3.8, 4) is 5.75 Å². The van der Waals surface area contributed by atoms with E-state index in [9.17, 15) is 40.7 Å². The van der Waals surface area contributed by atoms with Crippen molar-refractivity contribution in [2.45, 2.75) is 69.4 Å². The molecule has 0 saturated carbocycles. The molecule has 0 spiro atoms. The summed E-state index contributed by atoms with van der Waals surface area (Å²) in [7, 11) is -2.61. The Kier molecular flexibility index (Phi) is 13.6. The van der Waals surface area contributed by atoms with Gasteiger partial charge in [-0.1, -0.05) is 6.92 Å². The average Bonchev–Trinajstić information content (AvgIpc) is 3.09. The van der Waals surface area contributed by atoms with Crippen LogP contribution in [0.1, 0.15) is 56.0 Å². The molecule has 3 N–H and O–H groups in total. The Hall–Kier alpha value is -4.25. The summed E-state index contributed by atoms with van der Waals surface area (Å²) < 4.78 is 92.6. The molecule has 0 aromatic heterocycles. The summed E-state index contributed by atoms with van der Waals surface area (Å²) in [6, 6.07) is 11.4. The summed E-state index contributed by atoms with van der Waals surface area (Å²) >= 11 is 0. The molecule has 3 aromatic rings. The monoisotopic (exact) mass is 752 g/mol. The fourth-order valence-corrected chi connectivity index (χ4v) is 6.82. The number of hydrogen-bond acceptors (Lipinski definition) is 7. The summed E-state index contributed by atoms with van der Waals surface area (Å²) in [6.45, 7) is 5.18. The summed E-state index contributed by atoms with van der Waals surface area (Å²) in [4.78, 5) is 28.5. The molecule has 0 unspecified atom stereocenters. The van der Waals surface area contributed by atoms with Crippen LogP contribution in [0.5, 0.6) is 5.75 Å². The number of aliphatic hydroxyl groups excluding tert-OH is 1. The van der Waals surface area contributed by atoms with Crippen LogP contribution in [0.15, 0.2) is 71.6 Å². The topological polar surface area (TPSA) is 138 Å². The predicted octanol–water partition coefficient (Wildman–Crippen LogP) is 6.60. The van der Waals surface area contributed by atoms with Gasteiger partial charge in [-0.05, 0) is 99.8 Å². The van der Waals surface area contributed by atoms with E-state index in [2.05, 4.69) is 10.6 Å². The number of amides is 3. The number of fused-ring (bicyclic) bond motifs is 1. The number of benzene rings is 3. The Balaban J connectivity index is 1.60. The first-order valence-electron chi connectivity index (χ1n) is 16.8. The Bertz CT molecular complexity index is 1780. The third-order valence-corrected chi connectivity index (χ3v) is 10.6. The second kappa shape index (κ2) is 17.5. The lowest BCUT2D eigenvalue weighted by molar-refractivity contribution is -0.137. The van der Waals surface area contributed by atoms with Crippen LogP contribution in [0.4, 0.5) is 33.7 Å². The first-order valence-corrected chi connectivity index (χ1v) is 18.2. The van der Waals surface area contributed by atoms with Crippen LogP contribution >= 0.6 is 0 Å². The summed E-state index contributed by atoms with van der Waals surface area (Å²) in [5.74, 6) is -1.32. The number of rotatable bonds is 8. The first kappa shape index (κ1) is 40.5. The number of carbonyl (C=O) groups is 2. The Morgan fingerprint density at radius 2 is 1.65 bits per heavy atom. The van der Waals surface area contributed by atoms with E-state index in [1.54, 1.807) is 6.92 Å². The van der Waals surface area contributed by atoms with E-state index in [0.717, 1.165) is 40.7 Å². The van der Waals surface area contributed by atoms with Crippen molar-refractivity contribution in [3.63, 3.8) is 0 Å². The minimum Gasteiger partial charge on any atom is -0.490 e. The number of urea groups is 1. The van der Waals surface area contributed by atoms with Crippen LogP contribution in [0.25, 0.3) is 0 Å². The standard InChI is InChI=1S/C36H44F4N4O7S/c1-23-20-44(24(2)22-45)34(46)31-19-29(42-35(47)41-28-12-8-26(9-13-28)36(38,39)40)14-17-32(31)51-25(3)7-5-6-18-50-33(23)21-43(4)52(48,49)30-15-10-27(37)11-16-30/h8-17,19,23-25,33,45H,5-7,18,20-22H2,1-4H3,(H2,41,42,47)/t23-,24+,25+,33-/m0/s1. The fourth-order valence-electron chi connectivity index (χ4n) is 5.64. The molecular formula is C36H44F4N4O7S. The molecule has 1 aliphatic heterocycles. The van der Waals surface area contributed by atoms with Gasteiger partial charge in [-0.15, -0.1) is 0 Å². The lowest BCUT2D eigenvalue weighted by atomic mass is 10.0. The van der Waals surface area contributed by atoms with Gasteiger partial charge in [0.25, 0.3) is 5.91 Å². The molecular weight excluding hydrogens is 708 g/mol. The molecule has 0 radical (unpaired) electrons. The van der Waals surface area contributed by atoms with Crippen LogP contribution in [0.3, 0.4) is 0 Å². The predicted molar refractivity (Wildman–Crippen MR) is 187 cm³/mol. The maximum absolute atomic E-state index is 14.3. The van der Waals surface area contributed by atoms with Gasteiger partial charge in [-0.25, -0.2) is 17.6 Å². The van der Waals surface area contributed by atoms with Gasteiger partial charge < -0.3 is 30.1 Å². The molecule has 0 saturated heterocycles. The zero-order valence-electron chi connectivity index (χ0n) is 29.3. The van der Waals surface area contributed by atoms with Crippen molar-refractivity contribution in [2.24, 2.45) is 5.92 Å². The smallest absolute Gasteiger partial charge is 0.416 e.